The summed E-state index contributed by atoms with van der Waals surface area (Å²) in [6.07, 6.45) is -1.82. The van der Waals surface area contributed by atoms with Crippen LogP contribution < -0.4 is 10.6 Å². The van der Waals surface area contributed by atoms with Gasteiger partial charge in [0.1, 0.15) is 5.82 Å². The van der Waals surface area contributed by atoms with Gasteiger partial charge in [-0.1, -0.05) is 11.6 Å². The second-order valence-electron chi connectivity index (χ2n) is 4.38. The molecule has 1 aliphatic heterocycles. The summed E-state index contributed by atoms with van der Waals surface area (Å²) in [6.45, 7) is 1.28. The fourth-order valence-corrected chi connectivity index (χ4v) is 2.31. The molecule has 1 unspecified atom stereocenters. The van der Waals surface area contributed by atoms with E-state index in [1.165, 1.54) is 0 Å². The van der Waals surface area contributed by atoms with Crippen LogP contribution in [0.4, 0.5) is 19.0 Å². The van der Waals surface area contributed by atoms with E-state index in [-0.39, 0.29) is 23.5 Å². The Morgan fingerprint density at radius 1 is 1.42 bits per heavy atom. The third-order valence-corrected chi connectivity index (χ3v) is 3.18. The molecule has 2 N–H and O–H groups in total. The summed E-state index contributed by atoms with van der Waals surface area (Å²) in [5.41, 5.74) is 4.98. The lowest BCUT2D eigenvalue weighted by Gasteiger charge is -2.32. The van der Waals surface area contributed by atoms with Gasteiger partial charge in [0.25, 0.3) is 0 Å². The Balaban J connectivity index is 0.00000180. The maximum absolute atomic E-state index is 12.5. The van der Waals surface area contributed by atoms with Gasteiger partial charge in [-0.3, -0.25) is 0 Å². The Morgan fingerprint density at radius 3 is 2.63 bits per heavy atom. The van der Waals surface area contributed by atoms with Crippen LogP contribution in [-0.2, 0) is 6.18 Å². The third-order valence-electron chi connectivity index (χ3n) is 2.91. The van der Waals surface area contributed by atoms with Crippen molar-refractivity contribution >= 4 is 29.8 Å². The molecule has 0 radical (unpaired) electrons. The van der Waals surface area contributed by atoms with E-state index < -0.39 is 11.7 Å². The predicted molar refractivity (Wildman–Crippen MR) is 70.9 cm³/mol. The van der Waals surface area contributed by atoms with E-state index in [9.17, 15) is 13.2 Å². The zero-order valence-electron chi connectivity index (χ0n) is 9.95. The number of nitrogens with two attached hydrogens (primary N) is 1. The molecule has 1 saturated heterocycles. The van der Waals surface area contributed by atoms with E-state index in [1.807, 2.05) is 4.90 Å². The van der Waals surface area contributed by atoms with Gasteiger partial charge in [0.2, 0.25) is 0 Å². The minimum atomic E-state index is -4.42. The van der Waals surface area contributed by atoms with Gasteiger partial charge in [-0.2, -0.15) is 13.2 Å². The van der Waals surface area contributed by atoms with Gasteiger partial charge in [-0.05, 0) is 18.9 Å². The van der Waals surface area contributed by atoms with Crippen molar-refractivity contribution in [1.82, 2.24) is 4.98 Å². The summed E-state index contributed by atoms with van der Waals surface area (Å²) in [5, 5.41) is 0.0129. The van der Waals surface area contributed by atoms with Crippen LogP contribution in [0.2, 0.25) is 5.02 Å². The number of piperidine rings is 1. The van der Waals surface area contributed by atoms with Crippen LogP contribution in [0, 0.1) is 0 Å². The molecule has 0 aliphatic carbocycles. The van der Waals surface area contributed by atoms with E-state index >= 15 is 0 Å². The second kappa shape index (κ2) is 6.15. The van der Waals surface area contributed by atoms with Gasteiger partial charge in [0.15, 0.2) is 0 Å². The fourth-order valence-electron chi connectivity index (χ4n) is 2.02. The van der Waals surface area contributed by atoms with Gasteiger partial charge in [-0.25, -0.2) is 4.98 Å². The van der Waals surface area contributed by atoms with Gasteiger partial charge < -0.3 is 10.6 Å². The molecule has 0 saturated carbocycles. The van der Waals surface area contributed by atoms with Crippen LogP contribution in [0.1, 0.15) is 18.4 Å². The van der Waals surface area contributed by atoms with E-state index in [2.05, 4.69) is 4.98 Å². The number of nitrogens with zero attached hydrogens (tertiary/aromatic N) is 2. The largest absolute Gasteiger partial charge is 0.417 e. The molecule has 2 heterocycles. The highest BCUT2D eigenvalue weighted by atomic mass is 35.5. The number of rotatable bonds is 1. The first-order chi connectivity index (χ1) is 8.38. The lowest BCUT2D eigenvalue weighted by molar-refractivity contribution is -0.137. The normalized spacial score (nSPS) is 20.1. The van der Waals surface area contributed by atoms with Crippen LogP contribution >= 0.6 is 24.0 Å². The second-order valence-corrected chi connectivity index (χ2v) is 4.78. The van der Waals surface area contributed by atoms with Gasteiger partial charge in [0, 0.05) is 25.3 Å². The van der Waals surface area contributed by atoms with E-state index in [0.29, 0.717) is 18.9 Å². The lowest BCUT2D eigenvalue weighted by atomic mass is 10.1. The average Bonchev–Trinajstić information content (AvgIpc) is 2.27. The molecule has 0 aromatic carbocycles. The first kappa shape index (κ1) is 16.3. The van der Waals surface area contributed by atoms with Crippen LogP contribution in [0.25, 0.3) is 0 Å². The molecule has 19 heavy (non-hydrogen) atoms. The lowest BCUT2D eigenvalue weighted by Crippen LogP contribution is -2.43. The molecule has 1 fully saturated rings. The van der Waals surface area contributed by atoms with Crippen LogP contribution in [0.5, 0.6) is 0 Å². The highest BCUT2D eigenvalue weighted by Crippen LogP contribution is 2.34. The monoisotopic (exact) mass is 315 g/mol. The molecule has 8 heteroatoms. The SMILES string of the molecule is Cl.NC1CCCN(c2ncc(C(F)(F)F)cc2Cl)C1. The topological polar surface area (TPSA) is 42.1 Å². The number of pyridine rings is 1. The van der Waals surface area contributed by atoms with Crippen molar-refractivity contribution < 1.29 is 13.2 Å². The molecular formula is C11H14Cl2F3N3. The van der Waals surface area contributed by atoms with Crippen LogP contribution in [-0.4, -0.2) is 24.1 Å². The standard InChI is InChI=1S/C11H13ClF3N3.ClH/c12-9-4-7(11(13,14)15)5-17-10(9)18-3-1-2-8(16)6-18;/h4-5,8H,1-3,6,16H2;1H. The van der Waals surface area contributed by atoms with E-state index in [0.717, 1.165) is 25.1 Å². The Bertz CT molecular complexity index is 440. The molecule has 0 amide bonds. The number of halogens is 5. The molecule has 1 aliphatic rings. The Labute approximate surface area is 120 Å². The molecule has 1 aromatic heterocycles. The summed E-state index contributed by atoms with van der Waals surface area (Å²) < 4.78 is 37.4. The zero-order chi connectivity index (χ0) is 13.3. The molecular weight excluding hydrogens is 302 g/mol. The highest BCUT2D eigenvalue weighted by Gasteiger charge is 2.32. The van der Waals surface area contributed by atoms with Crippen molar-refractivity contribution in [2.75, 3.05) is 18.0 Å². The maximum atomic E-state index is 12.5. The molecule has 1 atom stereocenters. The minimum absolute atomic E-state index is 0. The van der Waals surface area contributed by atoms with Gasteiger partial charge >= 0.3 is 6.18 Å². The smallest absolute Gasteiger partial charge is 0.354 e. The zero-order valence-corrected chi connectivity index (χ0v) is 11.5. The van der Waals surface area contributed by atoms with Crippen molar-refractivity contribution in [1.29, 1.82) is 0 Å². The maximum Gasteiger partial charge on any atom is 0.417 e. The average molecular weight is 316 g/mol. The summed E-state index contributed by atoms with van der Waals surface area (Å²) in [7, 11) is 0. The van der Waals surface area contributed by atoms with Gasteiger partial charge in [0.05, 0.1) is 10.6 Å². The predicted octanol–water partition coefficient (Wildman–Crippen LogP) is 3.10. The van der Waals surface area contributed by atoms with Crippen molar-refractivity contribution in [3.63, 3.8) is 0 Å². The number of hydrogen-bond donors (Lipinski definition) is 1. The number of hydrogen-bond acceptors (Lipinski definition) is 3. The Morgan fingerprint density at radius 2 is 2.11 bits per heavy atom. The molecule has 108 valence electrons. The quantitative estimate of drug-likeness (QED) is 0.866. The Kier molecular flexibility index (Phi) is 5.29. The van der Waals surface area contributed by atoms with Gasteiger partial charge in [-0.15, -0.1) is 12.4 Å². The Hall–Kier alpha value is -0.720. The fraction of sp³-hybridized carbons (Fsp3) is 0.545. The van der Waals surface area contributed by atoms with E-state index in [4.69, 9.17) is 17.3 Å². The molecule has 2 rings (SSSR count). The third kappa shape index (κ3) is 3.87. The molecule has 0 bridgehead atoms. The summed E-state index contributed by atoms with van der Waals surface area (Å²) in [4.78, 5) is 5.65. The van der Waals surface area contributed by atoms with Crippen LogP contribution in [0.15, 0.2) is 12.3 Å². The highest BCUT2D eigenvalue weighted by molar-refractivity contribution is 6.33. The van der Waals surface area contributed by atoms with Crippen LogP contribution in [0.3, 0.4) is 0 Å². The van der Waals surface area contributed by atoms with Crippen molar-refractivity contribution in [2.24, 2.45) is 5.73 Å². The van der Waals surface area contributed by atoms with Crippen molar-refractivity contribution in [3.05, 3.63) is 22.8 Å². The number of anilines is 1. The first-order valence-corrected chi connectivity index (χ1v) is 5.99. The molecule has 0 spiro atoms. The number of aromatic nitrogens is 1. The summed E-state index contributed by atoms with van der Waals surface area (Å²) in [5.74, 6) is 0.375. The minimum Gasteiger partial charge on any atom is -0.354 e. The summed E-state index contributed by atoms with van der Waals surface area (Å²) >= 11 is 5.87. The van der Waals surface area contributed by atoms with Crippen molar-refractivity contribution in [3.8, 4) is 0 Å². The molecule has 3 nitrogen and oxygen atoms in total. The van der Waals surface area contributed by atoms with E-state index in [1.54, 1.807) is 0 Å². The first-order valence-electron chi connectivity index (χ1n) is 5.61. The molecule has 1 aromatic rings. The summed E-state index contributed by atoms with van der Waals surface area (Å²) in [6, 6.07) is 0.920. The van der Waals surface area contributed by atoms with Crippen molar-refractivity contribution in [2.45, 2.75) is 25.1 Å². The number of alkyl halides is 3.